The van der Waals surface area contributed by atoms with Crippen LogP contribution >= 0.6 is 0 Å². The van der Waals surface area contributed by atoms with Gasteiger partial charge in [-0.15, -0.1) is 0 Å². The second kappa shape index (κ2) is 12.7. The highest BCUT2D eigenvalue weighted by atomic mass is 16.3. The standard InChI is InChI=1S/C55H36N2O/c1-4-18-37(19-5-1)56(38-20-6-2-7-21-38)49-30-16-29-47-53(49)43-25-11-14-28-46(43)55(47)45-27-13-10-24-41(45)42-35-34-40(36-48(42)55)57(39-22-8-3-9-23-39)50-31-17-33-52-54(50)44-26-12-15-32-51(44)58-52/h1-36H. The average Bonchev–Trinajstić information content (AvgIpc) is 3.92. The zero-order valence-corrected chi connectivity index (χ0v) is 31.6. The minimum absolute atomic E-state index is 0.556. The molecule has 58 heavy (non-hydrogen) atoms. The van der Waals surface area contributed by atoms with Gasteiger partial charge in [-0.05, 0) is 112 Å². The molecule has 0 aliphatic heterocycles. The van der Waals surface area contributed by atoms with Crippen LogP contribution in [0, 0.1) is 0 Å². The molecule has 3 nitrogen and oxygen atoms in total. The molecule has 0 saturated heterocycles. The minimum atomic E-state index is -0.556. The van der Waals surface area contributed by atoms with Crippen LogP contribution in [-0.4, -0.2) is 0 Å². The molecule has 9 aromatic carbocycles. The molecule has 0 amide bonds. The van der Waals surface area contributed by atoms with Crippen molar-refractivity contribution in [1.29, 1.82) is 0 Å². The normalized spacial score (nSPS) is 14.6. The summed E-state index contributed by atoms with van der Waals surface area (Å²) in [6, 6.07) is 79.2. The van der Waals surface area contributed by atoms with Crippen molar-refractivity contribution in [2.24, 2.45) is 0 Å². The van der Waals surface area contributed by atoms with Crippen LogP contribution in [-0.2, 0) is 5.41 Å². The maximum Gasteiger partial charge on any atom is 0.137 e. The van der Waals surface area contributed by atoms with Gasteiger partial charge in [0.25, 0.3) is 0 Å². The third-order valence-corrected chi connectivity index (χ3v) is 12.2. The Bertz CT molecular complexity index is 3150. The maximum absolute atomic E-state index is 6.45. The molecule has 1 aromatic heterocycles. The molecule has 0 saturated carbocycles. The molecule has 1 atom stereocenters. The van der Waals surface area contributed by atoms with Gasteiger partial charge in [-0.1, -0.05) is 146 Å². The third-order valence-electron chi connectivity index (χ3n) is 12.2. The van der Waals surface area contributed by atoms with E-state index in [1.807, 2.05) is 6.07 Å². The summed E-state index contributed by atoms with van der Waals surface area (Å²) in [5.41, 5.74) is 18.1. The van der Waals surface area contributed by atoms with E-state index in [1.165, 1.54) is 44.5 Å². The number of hydrogen-bond donors (Lipinski definition) is 0. The first kappa shape index (κ1) is 32.6. The van der Waals surface area contributed by atoms with E-state index < -0.39 is 5.41 Å². The molecule has 272 valence electrons. The SMILES string of the molecule is c1ccc(N(c2ccccc2)c2cccc3c2-c2ccccc2C32c3ccccc3-c3ccc(N(c4ccccc4)c4cccc5oc6ccccc6c45)cc32)cc1. The zero-order valence-electron chi connectivity index (χ0n) is 31.6. The Hall–Kier alpha value is -7.62. The smallest absolute Gasteiger partial charge is 0.137 e. The van der Waals surface area contributed by atoms with Crippen LogP contribution < -0.4 is 9.80 Å². The van der Waals surface area contributed by atoms with Gasteiger partial charge >= 0.3 is 0 Å². The second-order valence-corrected chi connectivity index (χ2v) is 15.2. The van der Waals surface area contributed by atoms with Crippen molar-refractivity contribution < 1.29 is 4.42 Å². The molecule has 1 heterocycles. The Kier molecular flexibility index (Phi) is 7.14. The highest BCUT2D eigenvalue weighted by Crippen LogP contribution is 2.65. The molecule has 3 heteroatoms. The van der Waals surface area contributed by atoms with Crippen LogP contribution in [0.3, 0.4) is 0 Å². The van der Waals surface area contributed by atoms with Crippen LogP contribution in [0.5, 0.6) is 0 Å². The van der Waals surface area contributed by atoms with Crippen molar-refractivity contribution in [3.05, 3.63) is 241 Å². The van der Waals surface area contributed by atoms with Gasteiger partial charge in [-0.3, -0.25) is 0 Å². The molecule has 1 unspecified atom stereocenters. The number of anilines is 6. The number of furan rings is 1. The number of benzene rings is 9. The Balaban J connectivity index is 1.15. The fraction of sp³-hybridized carbons (Fsp3) is 0.0182. The van der Waals surface area contributed by atoms with Gasteiger partial charge in [0.2, 0.25) is 0 Å². The molecule has 2 aliphatic carbocycles. The van der Waals surface area contributed by atoms with Crippen LogP contribution in [0.4, 0.5) is 34.1 Å². The van der Waals surface area contributed by atoms with E-state index in [0.717, 1.165) is 56.1 Å². The molecule has 10 aromatic rings. The number of para-hydroxylation sites is 4. The van der Waals surface area contributed by atoms with E-state index >= 15 is 0 Å². The van der Waals surface area contributed by atoms with E-state index in [9.17, 15) is 0 Å². The lowest BCUT2D eigenvalue weighted by Crippen LogP contribution is -2.26. The van der Waals surface area contributed by atoms with Gasteiger partial charge in [-0.2, -0.15) is 0 Å². The van der Waals surface area contributed by atoms with Crippen molar-refractivity contribution in [1.82, 2.24) is 0 Å². The third kappa shape index (κ3) is 4.56. The molecule has 0 radical (unpaired) electrons. The summed E-state index contributed by atoms with van der Waals surface area (Å²) in [6.45, 7) is 0. The lowest BCUT2D eigenvalue weighted by atomic mass is 9.70. The number of fused-ring (bicyclic) bond motifs is 13. The van der Waals surface area contributed by atoms with E-state index in [-0.39, 0.29) is 0 Å². The van der Waals surface area contributed by atoms with Crippen molar-refractivity contribution in [3.63, 3.8) is 0 Å². The van der Waals surface area contributed by atoms with Crippen molar-refractivity contribution in [3.8, 4) is 22.3 Å². The maximum atomic E-state index is 6.45. The van der Waals surface area contributed by atoms with E-state index in [0.29, 0.717) is 0 Å². The monoisotopic (exact) mass is 740 g/mol. The van der Waals surface area contributed by atoms with Crippen LogP contribution in [0.1, 0.15) is 22.3 Å². The van der Waals surface area contributed by atoms with Gasteiger partial charge in [0, 0.05) is 33.7 Å². The summed E-state index contributed by atoms with van der Waals surface area (Å²) in [5, 5.41) is 2.20. The quantitative estimate of drug-likeness (QED) is 0.169. The average molecular weight is 741 g/mol. The van der Waals surface area contributed by atoms with E-state index in [4.69, 9.17) is 4.42 Å². The summed E-state index contributed by atoms with van der Waals surface area (Å²) in [5.74, 6) is 0. The summed E-state index contributed by atoms with van der Waals surface area (Å²) >= 11 is 0. The largest absolute Gasteiger partial charge is 0.456 e. The predicted octanol–water partition coefficient (Wildman–Crippen LogP) is 14.9. The summed E-state index contributed by atoms with van der Waals surface area (Å²) in [7, 11) is 0. The molecular formula is C55H36N2O. The highest BCUT2D eigenvalue weighted by molar-refractivity contribution is 6.13. The molecule has 2 aliphatic rings. The Labute approximate surface area is 337 Å². The Morgan fingerprint density at radius 1 is 0.328 bits per heavy atom. The van der Waals surface area contributed by atoms with Crippen LogP contribution in [0.15, 0.2) is 223 Å². The minimum Gasteiger partial charge on any atom is -0.456 e. The lowest BCUT2D eigenvalue weighted by Gasteiger charge is -2.33. The fourth-order valence-corrected chi connectivity index (χ4v) is 10.0. The topological polar surface area (TPSA) is 19.6 Å². The number of rotatable bonds is 6. The zero-order chi connectivity index (χ0) is 38.2. The summed E-state index contributed by atoms with van der Waals surface area (Å²) in [4.78, 5) is 4.83. The molecule has 12 rings (SSSR count). The van der Waals surface area contributed by atoms with Gasteiger partial charge in [0.1, 0.15) is 11.2 Å². The molecule has 0 N–H and O–H groups in total. The van der Waals surface area contributed by atoms with Crippen molar-refractivity contribution in [2.45, 2.75) is 5.41 Å². The first-order valence-corrected chi connectivity index (χ1v) is 19.9. The highest BCUT2D eigenvalue weighted by Gasteiger charge is 2.52. The first-order chi connectivity index (χ1) is 28.8. The van der Waals surface area contributed by atoms with Gasteiger partial charge in [-0.25, -0.2) is 0 Å². The van der Waals surface area contributed by atoms with Gasteiger partial charge in [0.15, 0.2) is 0 Å². The van der Waals surface area contributed by atoms with Crippen LogP contribution in [0.25, 0.3) is 44.2 Å². The van der Waals surface area contributed by atoms with E-state index in [2.05, 4.69) is 222 Å². The lowest BCUT2D eigenvalue weighted by molar-refractivity contribution is 0.669. The molecule has 0 fully saturated rings. The molecular weight excluding hydrogens is 705 g/mol. The second-order valence-electron chi connectivity index (χ2n) is 15.2. The van der Waals surface area contributed by atoms with Crippen LogP contribution in [0.2, 0.25) is 0 Å². The number of hydrogen-bond acceptors (Lipinski definition) is 3. The summed E-state index contributed by atoms with van der Waals surface area (Å²) in [6.07, 6.45) is 0. The number of nitrogens with zero attached hydrogens (tertiary/aromatic N) is 2. The van der Waals surface area contributed by atoms with Gasteiger partial charge in [0.05, 0.1) is 22.2 Å². The van der Waals surface area contributed by atoms with E-state index in [1.54, 1.807) is 0 Å². The fourth-order valence-electron chi connectivity index (χ4n) is 10.0. The predicted molar refractivity (Wildman–Crippen MR) is 239 cm³/mol. The van der Waals surface area contributed by atoms with Crippen molar-refractivity contribution >= 4 is 56.1 Å². The Morgan fingerprint density at radius 3 is 1.53 bits per heavy atom. The molecule has 1 spiro atoms. The first-order valence-electron chi connectivity index (χ1n) is 19.9. The summed E-state index contributed by atoms with van der Waals surface area (Å²) < 4.78 is 6.45. The van der Waals surface area contributed by atoms with Gasteiger partial charge < -0.3 is 14.2 Å². The Morgan fingerprint density at radius 2 is 0.828 bits per heavy atom. The van der Waals surface area contributed by atoms with Crippen molar-refractivity contribution in [2.75, 3.05) is 9.80 Å². The molecule has 0 bridgehead atoms.